The summed E-state index contributed by atoms with van der Waals surface area (Å²) in [4.78, 5) is 11.6. The van der Waals surface area contributed by atoms with Gasteiger partial charge in [-0.3, -0.25) is 4.79 Å². The molecule has 0 saturated carbocycles. The van der Waals surface area contributed by atoms with Gasteiger partial charge in [-0.1, -0.05) is 31.5 Å². The number of anilines is 1. The summed E-state index contributed by atoms with van der Waals surface area (Å²) >= 11 is 5.81. The number of rotatable bonds is 6. The van der Waals surface area contributed by atoms with Crippen molar-refractivity contribution < 1.29 is 9.90 Å². The van der Waals surface area contributed by atoms with Crippen molar-refractivity contribution in [1.29, 1.82) is 0 Å². The summed E-state index contributed by atoms with van der Waals surface area (Å²) in [6, 6.07) is 6.97. The average Bonchev–Trinajstić information content (AvgIpc) is 2.28. The van der Waals surface area contributed by atoms with E-state index < -0.39 is 6.10 Å². The molecule has 1 amide bonds. The van der Waals surface area contributed by atoms with Gasteiger partial charge >= 0.3 is 0 Å². The number of carbonyl (C=O) groups is 1. The molecule has 0 aromatic heterocycles. The maximum atomic E-state index is 11.6. The average molecular weight is 271 g/mol. The molecule has 1 aromatic rings. The van der Waals surface area contributed by atoms with Crippen LogP contribution in [-0.2, 0) is 4.79 Å². The van der Waals surface area contributed by atoms with Crippen LogP contribution in [0.25, 0.3) is 0 Å². The minimum absolute atomic E-state index is 0.159. The predicted molar refractivity (Wildman–Crippen MR) is 73.8 cm³/mol. The molecule has 5 heteroatoms. The number of hydrogen-bond donors (Lipinski definition) is 3. The number of benzene rings is 1. The topological polar surface area (TPSA) is 61.4 Å². The molecule has 0 saturated heterocycles. The van der Waals surface area contributed by atoms with Crippen molar-refractivity contribution in [1.82, 2.24) is 5.32 Å². The van der Waals surface area contributed by atoms with Crippen molar-refractivity contribution in [3.63, 3.8) is 0 Å². The molecule has 0 fully saturated rings. The lowest BCUT2D eigenvalue weighted by Gasteiger charge is -2.14. The Morgan fingerprint density at radius 2 is 2.17 bits per heavy atom. The highest BCUT2D eigenvalue weighted by Crippen LogP contribution is 2.14. The lowest BCUT2D eigenvalue weighted by Crippen LogP contribution is -2.35. The second-order valence-electron chi connectivity index (χ2n) is 4.50. The number of halogens is 1. The van der Waals surface area contributed by atoms with Gasteiger partial charge in [0.15, 0.2) is 0 Å². The number of nitrogens with one attached hydrogen (secondary N) is 2. The molecule has 0 bridgehead atoms. The highest BCUT2D eigenvalue weighted by atomic mass is 35.5. The number of amides is 1. The molecular weight excluding hydrogens is 252 g/mol. The third kappa shape index (κ3) is 5.49. The minimum atomic E-state index is -0.441. The van der Waals surface area contributed by atoms with E-state index in [0.717, 1.165) is 0 Å². The molecular formula is C13H19ClN2O2. The maximum absolute atomic E-state index is 11.6. The minimum Gasteiger partial charge on any atom is -0.392 e. The molecule has 0 heterocycles. The molecule has 100 valence electrons. The highest BCUT2D eigenvalue weighted by Gasteiger charge is 2.09. The summed E-state index contributed by atoms with van der Waals surface area (Å²) in [5.41, 5.74) is 0.665. The summed E-state index contributed by atoms with van der Waals surface area (Å²) < 4.78 is 0. The molecule has 4 nitrogen and oxygen atoms in total. The van der Waals surface area contributed by atoms with Gasteiger partial charge in [0.2, 0.25) is 5.91 Å². The third-order valence-corrected chi connectivity index (χ3v) is 2.75. The quantitative estimate of drug-likeness (QED) is 0.740. The van der Waals surface area contributed by atoms with Crippen LogP contribution in [0.2, 0.25) is 5.02 Å². The normalized spacial score (nSPS) is 12.5. The number of aliphatic hydroxyl groups excluding tert-OH is 1. The lowest BCUT2D eigenvalue weighted by atomic mass is 10.1. The van der Waals surface area contributed by atoms with Gasteiger partial charge in [0.05, 0.1) is 12.6 Å². The Hall–Kier alpha value is -1.10. The Morgan fingerprint density at radius 1 is 1.44 bits per heavy atom. The van der Waals surface area contributed by atoms with Crippen LogP contribution in [-0.4, -0.2) is 30.2 Å². The van der Waals surface area contributed by atoms with Gasteiger partial charge < -0.3 is 15.7 Å². The van der Waals surface area contributed by atoms with Gasteiger partial charge in [-0.05, 0) is 24.1 Å². The first kappa shape index (κ1) is 15.0. The Balaban J connectivity index is 2.30. The van der Waals surface area contributed by atoms with Crippen LogP contribution >= 0.6 is 11.6 Å². The maximum Gasteiger partial charge on any atom is 0.238 e. The van der Waals surface area contributed by atoms with Crippen molar-refractivity contribution in [2.45, 2.75) is 20.0 Å². The van der Waals surface area contributed by atoms with Crippen molar-refractivity contribution in [2.24, 2.45) is 5.92 Å². The van der Waals surface area contributed by atoms with Crippen molar-refractivity contribution >= 4 is 23.2 Å². The summed E-state index contributed by atoms with van der Waals surface area (Å²) in [5, 5.41) is 15.8. The zero-order chi connectivity index (χ0) is 13.5. The van der Waals surface area contributed by atoms with Gasteiger partial charge in [0.1, 0.15) is 0 Å². The van der Waals surface area contributed by atoms with Crippen LogP contribution in [0, 0.1) is 5.92 Å². The fourth-order valence-corrected chi connectivity index (χ4v) is 1.53. The van der Waals surface area contributed by atoms with Gasteiger partial charge in [-0.2, -0.15) is 0 Å². The molecule has 18 heavy (non-hydrogen) atoms. The zero-order valence-electron chi connectivity index (χ0n) is 10.6. The number of hydrogen-bond acceptors (Lipinski definition) is 3. The molecule has 1 atom stereocenters. The first-order valence-electron chi connectivity index (χ1n) is 5.93. The molecule has 1 unspecified atom stereocenters. The van der Waals surface area contributed by atoms with Crippen molar-refractivity contribution in [2.75, 3.05) is 18.4 Å². The van der Waals surface area contributed by atoms with E-state index in [4.69, 9.17) is 11.6 Å². The fraction of sp³-hybridized carbons (Fsp3) is 0.462. The largest absolute Gasteiger partial charge is 0.392 e. The van der Waals surface area contributed by atoms with Crippen molar-refractivity contribution in [3.8, 4) is 0 Å². The van der Waals surface area contributed by atoms with Gasteiger partial charge in [-0.15, -0.1) is 0 Å². The molecule has 0 spiro atoms. The molecule has 0 radical (unpaired) electrons. The van der Waals surface area contributed by atoms with E-state index in [2.05, 4.69) is 10.6 Å². The van der Waals surface area contributed by atoms with Crippen LogP contribution in [0.3, 0.4) is 0 Å². The zero-order valence-corrected chi connectivity index (χ0v) is 11.4. The standard InChI is InChI=1S/C13H19ClN2O2/c1-9(2)12(17)7-15-8-13(18)16-11-5-3-4-10(14)6-11/h3-6,9,12,15,17H,7-8H2,1-2H3,(H,16,18). The van der Waals surface area contributed by atoms with Crippen LogP contribution in [0.15, 0.2) is 24.3 Å². The van der Waals surface area contributed by atoms with Crippen LogP contribution < -0.4 is 10.6 Å². The van der Waals surface area contributed by atoms with E-state index >= 15 is 0 Å². The Bertz CT molecular complexity index is 396. The Labute approximate surface area is 112 Å². The van der Waals surface area contributed by atoms with E-state index in [-0.39, 0.29) is 18.4 Å². The first-order valence-corrected chi connectivity index (χ1v) is 6.31. The van der Waals surface area contributed by atoms with E-state index in [1.807, 2.05) is 13.8 Å². The van der Waals surface area contributed by atoms with Gasteiger partial charge in [0.25, 0.3) is 0 Å². The number of carbonyl (C=O) groups excluding carboxylic acids is 1. The second-order valence-corrected chi connectivity index (χ2v) is 4.94. The SMILES string of the molecule is CC(C)C(O)CNCC(=O)Nc1cccc(Cl)c1. The Morgan fingerprint density at radius 3 is 2.78 bits per heavy atom. The van der Waals surface area contributed by atoms with Crippen LogP contribution in [0.4, 0.5) is 5.69 Å². The summed E-state index contributed by atoms with van der Waals surface area (Å²) in [7, 11) is 0. The van der Waals surface area contributed by atoms with Crippen molar-refractivity contribution in [3.05, 3.63) is 29.3 Å². The Kier molecular flexibility index (Phi) is 6.12. The van der Waals surface area contributed by atoms with E-state index in [1.165, 1.54) is 0 Å². The first-order chi connectivity index (χ1) is 8.49. The van der Waals surface area contributed by atoms with E-state index in [0.29, 0.717) is 17.3 Å². The molecule has 0 aliphatic carbocycles. The predicted octanol–water partition coefficient (Wildman–Crippen LogP) is 1.88. The van der Waals surface area contributed by atoms with Gasteiger partial charge in [0, 0.05) is 17.3 Å². The van der Waals surface area contributed by atoms with Crippen LogP contribution in [0.1, 0.15) is 13.8 Å². The molecule has 1 aromatic carbocycles. The lowest BCUT2D eigenvalue weighted by molar-refractivity contribution is -0.115. The van der Waals surface area contributed by atoms with E-state index in [1.54, 1.807) is 24.3 Å². The third-order valence-electron chi connectivity index (χ3n) is 2.52. The monoisotopic (exact) mass is 270 g/mol. The fourth-order valence-electron chi connectivity index (χ4n) is 1.34. The second kappa shape index (κ2) is 7.36. The highest BCUT2D eigenvalue weighted by molar-refractivity contribution is 6.30. The number of aliphatic hydroxyl groups is 1. The molecule has 1 rings (SSSR count). The molecule has 0 aliphatic rings. The van der Waals surface area contributed by atoms with E-state index in [9.17, 15) is 9.90 Å². The molecule has 0 aliphatic heterocycles. The van der Waals surface area contributed by atoms with Crippen LogP contribution in [0.5, 0.6) is 0 Å². The van der Waals surface area contributed by atoms with Gasteiger partial charge in [-0.25, -0.2) is 0 Å². The molecule has 3 N–H and O–H groups in total. The summed E-state index contributed by atoms with van der Waals surface area (Å²) in [6.07, 6.45) is -0.441. The summed E-state index contributed by atoms with van der Waals surface area (Å²) in [6.45, 7) is 4.42. The smallest absolute Gasteiger partial charge is 0.238 e. The summed E-state index contributed by atoms with van der Waals surface area (Å²) in [5.74, 6) is 0.0155.